The predicted molar refractivity (Wildman–Crippen MR) is 119 cm³/mol. The average Bonchev–Trinajstić information content (AvgIpc) is 3.08. The van der Waals surface area contributed by atoms with E-state index in [2.05, 4.69) is 10.6 Å². The second-order valence-electron chi connectivity index (χ2n) is 7.45. The molecule has 2 aromatic carbocycles. The molecule has 0 aliphatic carbocycles. The molecule has 0 atom stereocenters. The smallest absolute Gasteiger partial charge is 0.254 e. The van der Waals surface area contributed by atoms with Crippen molar-refractivity contribution in [3.63, 3.8) is 0 Å². The fourth-order valence-electron chi connectivity index (χ4n) is 3.56. The second kappa shape index (κ2) is 10.8. The number of benzene rings is 2. The van der Waals surface area contributed by atoms with Gasteiger partial charge in [-0.05, 0) is 36.8 Å². The molecule has 3 rings (SSSR count). The molecule has 0 saturated heterocycles. The Hall–Kier alpha value is -3.40. The molecule has 2 aromatic rings. The van der Waals surface area contributed by atoms with Crippen molar-refractivity contribution in [3.8, 4) is 5.75 Å². The average molecular weight is 441 g/mol. The van der Waals surface area contributed by atoms with Gasteiger partial charge in [-0.15, -0.1) is 0 Å². The molecule has 3 amide bonds. The Balaban J connectivity index is 1.62. The Morgan fingerprint density at radius 1 is 1.25 bits per heavy atom. The number of anilines is 1. The predicted octanol–water partition coefficient (Wildman–Crippen LogP) is 1.41. The molecule has 0 unspecified atom stereocenters. The monoisotopic (exact) mass is 441 g/mol. The van der Waals surface area contributed by atoms with Crippen molar-refractivity contribution in [2.24, 2.45) is 0 Å². The molecule has 1 aliphatic heterocycles. The van der Waals surface area contributed by atoms with Gasteiger partial charge in [0, 0.05) is 48.4 Å². The van der Waals surface area contributed by atoms with Crippen LogP contribution >= 0.6 is 0 Å². The minimum absolute atomic E-state index is 0.124. The highest BCUT2D eigenvalue weighted by Gasteiger charge is 2.29. The largest absolute Gasteiger partial charge is 0.491 e. The van der Waals surface area contributed by atoms with Crippen molar-refractivity contribution in [1.82, 2.24) is 10.2 Å². The molecule has 0 spiro atoms. The van der Waals surface area contributed by atoms with Gasteiger partial charge in [0.1, 0.15) is 18.2 Å². The molecule has 8 nitrogen and oxygen atoms in total. The lowest BCUT2D eigenvalue weighted by atomic mass is 10.1. The first kappa shape index (κ1) is 23.3. The van der Waals surface area contributed by atoms with Crippen LogP contribution in [0.4, 0.5) is 14.9 Å². The van der Waals surface area contributed by atoms with Crippen molar-refractivity contribution >= 4 is 31.2 Å². The van der Waals surface area contributed by atoms with Gasteiger partial charge in [-0.1, -0.05) is 6.07 Å². The standard InChI is InChI=1S/C22H25BFN3O5/c23-22(31)26-20(29)5-2-8-27-13-17-16(21(27)30)3-1-4-19(17)25-12-14-11-15(32-10-9-28)6-7-18(14)24/h1,3-4,6-7,11,25,28H,2,5,8-10,12-13,23H2,(H,26,29,31). The van der Waals surface area contributed by atoms with E-state index in [1.807, 2.05) is 6.07 Å². The third kappa shape index (κ3) is 5.85. The summed E-state index contributed by atoms with van der Waals surface area (Å²) in [5.74, 6) is -0.816. The number of nitrogens with zero attached hydrogens (tertiary/aromatic N) is 1. The minimum Gasteiger partial charge on any atom is -0.491 e. The summed E-state index contributed by atoms with van der Waals surface area (Å²) < 4.78 is 19.6. The van der Waals surface area contributed by atoms with Gasteiger partial charge in [-0.3, -0.25) is 14.4 Å². The number of aliphatic hydroxyl groups excluding tert-OH is 1. The summed E-state index contributed by atoms with van der Waals surface area (Å²) in [7, 11) is 1.28. The van der Waals surface area contributed by atoms with Crippen LogP contribution in [-0.2, 0) is 17.9 Å². The highest BCUT2D eigenvalue weighted by molar-refractivity contribution is 6.58. The maximum atomic E-state index is 14.2. The molecule has 32 heavy (non-hydrogen) atoms. The number of ether oxygens (including phenoxy) is 1. The van der Waals surface area contributed by atoms with E-state index in [9.17, 15) is 18.8 Å². The second-order valence-corrected chi connectivity index (χ2v) is 7.45. The van der Waals surface area contributed by atoms with Crippen molar-refractivity contribution in [3.05, 3.63) is 58.9 Å². The summed E-state index contributed by atoms with van der Waals surface area (Å²) in [5, 5.41) is 14.3. The van der Waals surface area contributed by atoms with Crippen molar-refractivity contribution < 1.29 is 28.6 Å². The summed E-state index contributed by atoms with van der Waals surface area (Å²) in [6.45, 7) is 0.953. The van der Waals surface area contributed by atoms with Crippen LogP contribution in [0.1, 0.15) is 34.3 Å². The first-order chi connectivity index (χ1) is 15.4. The number of hydrogen-bond acceptors (Lipinski definition) is 6. The summed E-state index contributed by atoms with van der Waals surface area (Å²) in [6, 6.07) is 9.73. The van der Waals surface area contributed by atoms with Crippen LogP contribution in [-0.4, -0.2) is 55.2 Å². The van der Waals surface area contributed by atoms with Crippen LogP contribution in [0.15, 0.2) is 36.4 Å². The molecule has 0 radical (unpaired) electrons. The summed E-state index contributed by atoms with van der Waals surface area (Å²) >= 11 is 0. The van der Waals surface area contributed by atoms with Crippen molar-refractivity contribution in [2.75, 3.05) is 25.1 Å². The third-order valence-electron chi connectivity index (χ3n) is 5.04. The fraction of sp³-hybridized carbons (Fsp3) is 0.318. The van der Waals surface area contributed by atoms with Gasteiger partial charge in [0.2, 0.25) is 13.8 Å². The van der Waals surface area contributed by atoms with E-state index in [4.69, 9.17) is 9.84 Å². The van der Waals surface area contributed by atoms with Crippen LogP contribution in [0.3, 0.4) is 0 Å². The van der Waals surface area contributed by atoms with Gasteiger partial charge in [0.15, 0.2) is 5.81 Å². The van der Waals surface area contributed by atoms with Gasteiger partial charge in [0.25, 0.3) is 5.91 Å². The number of aliphatic hydroxyl groups is 1. The van der Waals surface area contributed by atoms with E-state index in [-0.39, 0.29) is 43.8 Å². The maximum absolute atomic E-state index is 14.2. The van der Waals surface area contributed by atoms with Crippen molar-refractivity contribution in [2.45, 2.75) is 25.9 Å². The lowest BCUT2D eigenvalue weighted by molar-refractivity contribution is -0.120. The van der Waals surface area contributed by atoms with Crippen molar-refractivity contribution in [1.29, 1.82) is 0 Å². The Morgan fingerprint density at radius 3 is 2.81 bits per heavy atom. The number of halogens is 1. The van der Waals surface area contributed by atoms with E-state index >= 15 is 0 Å². The molecular formula is C22H25BFN3O5. The molecule has 0 fully saturated rings. The topological polar surface area (TPSA) is 108 Å². The number of rotatable bonds is 10. The lowest BCUT2D eigenvalue weighted by Crippen LogP contribution is -2.30. The Morgan fingerprint density at radius 2 is 2.06 bits per heavy atom. The van der Waals surface area contributed by atoms with Crippen LogP contribution in [0, 0.1) is 5.82 Å². The molecule has 0 bridgehead atoms. The van der Waals surface area contributed by atoms with E-state index in [0.29, 0.717) is 36.4 Å². The summed E-state index contributed by atoms with van der Waals surface area (Å²) in [5.41, 5.74) is 2.52. The molecule has 168 valence electrons. The van der Waals surface area contributed by atoms with Gasteiger partial charge in [0.05, 0.1) is 6.61 Å². The van der Waals surface area contributed by atoms with E-state index in [1.165, 1.54) is 20.0 Å². The number of fused-ring (bicyclic) bond motifs is 1. The highest BCUT2D eigenvalue weighted by atomic mass is 19.1. The molecular weight excluding hydrogens is 416 g/mol. The summed E-state index contributed by atoms with van der Waals surface area (Å²) in [6.07, 6.45) is 0.590. The number of nitrogens with one attached hydrogen (secondary N) is 2. The Labute approximate surface area is 186 Å². The maximum Gasteiger partial charge on any atom is 0.254 e. The van der Waals surface area contributed by atoms with Gasteiger partial charge in [-0.25, -0.2) is 4.39 Å². The summed E-state index contributed by atoms with van der Waals surface area (Å²) in [4.78, 5) is 36.9. The highest BCUT2D eigenvalue weighted by Crippen LogP contribution is 2.30. The van der Waals surface area contributed by atoms with Crippen LogP contribution in [0.5, 0.6) is 5.75 Å². The van der Waals surface area contributed by atoms with E-state index < -0.39 is 5.81 Å². The lowest BCUT2D eigenvalue weighted by Gasteiger charge is -2.16. The van der Waals surface area contributed by atoms with Gasteiger partial charge >= 0.3 is 0 Å². The zero-order valence-corrected chi connectivity index (χ0v) is 17.8. The normalized spacial score (nSPS) is 12.4. The van der Waals surface area contributed by atoms with Gasteiger partial charge in [-0.2, -0.15) is 0 Å². The zero-order valence-electron chi connectivity index (χ0n) is 17.8. The molecule has 10 heteroatoms. The molecule has 1 aliphatic rings. The number of hydrogen-bond donors (Lipinski definition) is 3. The number of amides is 3. The Bertz CT molecular complexity index is 1020. The van der Waals surface area contributed by atoms with Crippen LogP contribution in [0.25, 0.3) is 0 Å². The van der Waals surface area contributed by atoms with E-state index in [0.717, 1.165) is 11.3 Å². The Kier molecular flexibility index (Phi) is 7.83. The minimum atomic E-state index is -0.405. The number of carbonyl (C=O) groups is 3. The van der Waals surface area contributed by atoms with E-state index in [1.54, 1.807) is 23.1 Å². The van der Waals surface area contributed by atoms with Crippen LogP contribution < -0.4 is 15.4 Å². The molecule has 1 heterocycles. The first-order valence-electron chi connectivity index (χ1n) is 10.4. The number of imide groups is 1. The van der Waals surface area contributed by atoms with Gasteiger partial charge < -0.3 is 25.4 Å². The van der Waals surface area contributed by atoms with Crippen LogP contribution in [0.2, 0.25) is 0 Å². The SMILES string of the molecule is BC(=O)NC(=O)CCCN1Cc2c(NCc3cc(OCCO)ccc3F)cccc2C1=O. The zero-order chi connectivity index (χ0) is 23.1. The quantitative estimate of drug-likeness (QED) is 0.482. The first-order valence-corrected chi connectivity index (χ1v) is 10.4. The third-order valence-corrected chi connectivity index (χ3v) is 5.04. The fourth-order valence-corrected chi connectivity index (χ4v) is 3.56. The molecule has 3 N–H and O–H groups in total. The number of carbonyl (C=O) groups excluding carboxylic acids is 3. The molecule has 0 saturated carbocycles. The molecule has 0 aromatic heterocycles.